The van der Waals surface area contributed by atoms with Gasteiger partial charge in [-0.1, -0.05) is 5.16 Å². The molecule has 0 radical (unpaired) electrons. The maximum atomic E-state index is 12.2. The Kier molecular flexibility index (Phi) is 3.18. The molecule has 0 aliphatic carbocycles. The normalized spacial score (nSPS) is 12.0. The van der Waals surface area contributed by atoms with Crippen molar-refractivity contribution >= 4 is 33.0 Å². The summed E-state index contributed by atoms with van der Waals surface area (Å²) in [6, 6.07) is 4.22. The second kappa shape index (κ2) is 4.31. The van der Waals surface area contributed by atoms with Gasteiger partial charge >= 0.3 is 6.18 Å². The van der Waals surface area contributed by atoms with Crippen molar-refractivity contribution in [2.45, 2.75) is 10.4 Å². The standard InChI is InChI=1S/C8H3ClF3NOS2/c9-16-7-2-1-5(15-7)4-3-6(14-13-4)8(10,11)12/h1-3H. The van der Waals surface area contributed by atoms with Crippen molar-refractivity contribution in [3.63, 3.8) is 0 Å². The van der Waals surface area contributed by atoms with Crippen molar-refractivity contribution in [2.75, 3.05) is 0 Å². The van der Waals surface area contributed by atoms with Crippen LogP contribution >= 0.6 is 33.0 Å². The average Bonchev–Trinajstić information content (AvgIpc) is 2.85. The zero-order valence-electron chi connectivity index (χ0n) is 7.42. The second-order valence-electron chi connectivity index (χ2n) is 2.77. The molecule has 8 heteroatoms. The highest BCUT2D eigenvalue weighted by molar-refractivity contribution is 8.22. The summed E-state index contributed by atoms with van der Waals surface area (Å²) in [5.41, 5.74) is 0.161. The van der Waals surface area contributed by atoms with E-state index >= 15 is 0 Å². The average molecular weight is 286 g/mol. The monoisotopic (exact) mass is 285 g/mol. The zero-order chi connectivity index (χ0) is 11.8. The van der Waals surface area contributed by atoms with Crippen LogP contribution in [0.15, 0.2) is 26.9 Å². The molecule has 0 spiro atoms. The predicted molar refractivity (Wildman–Crippen MR) is 56.5 cm³/mol. The lowest BCUT2D eigenvalue weighted by Crippen LogP contribution is -2.01. The zero-order valence-corrected chi connectivity index (χ0v) is 9.80. The lowest BCUT2D eigenvalue weighted by molar-refractivity contribution is -0.155. The van der Waals surface area contributed by atoms with E-state index in [9.17, 15) is 13.2 Å². The molecule has 2 rings (SSSR count). The molecule has 0 aromatic carbocycles. The number of halogens is 4. The molecule has 0 saturated carbocycles. The number of hydrogen-bond acceptors (Lipinski definition) is 4. The molecule has 0 amide bonds. The van der Waals surface area contributed by atoms with Gasteiger partial charge in [0.25, 0.3) is 0 Å². The van der Waals surface area contributed by atoms with Gasteiger partial charge in [-0.2, -0.15) is 13.2 Å². The van der Waals surface area contributed by atoms with E-state index in [4.69, 9.17) is 10.7 Å². The Morgan fingerprint density at radius 1 is 1.38 bits per heavy atom. The van der Waals surface area contributed by atoms with Crippen LogP contribution in [-0.2, 0) is 6.18 Å². The highest BCUT2D eigenvalue weighted by Gasteiger charge is 2.36. The number of alkyl halides is 3. The van der Waals surface area contributed by atoms with Gasteiger partial charge in [-0.25, -0.2) is 0 Å². The van der Waals surface area contributed by atoms with Gasteiger partial charge < -0.3 is 4.52 Å². The molecular weight excluding hydrogens is 283 g/mol. The summed E-state index contributed by atoms with van der Waals surface area (Å²) < 4.78 is 41.7. The van der Waals surface area contributed by atoms with E-state index in [1.165, 1.54) is 11.3 Å². The summed E-state index contributed by atoms with van der Waals surface area (Å²) in [6.45, 7) is 0. The van der Waals surface area contributed by atoms with Crippen LogP contribution in [0.1, 0.15) is 5.76 Å². The van der Waals surface area contributed by atoms with Gasteiger partial charge in [0.05, 0.1) is 9.09 Å². The summed E-state index contributed by atoms with van der Waals surface area (Å²) >= 11 is 1.25. The molecule has 2 nitrogen and oxygen atoms in total. The van der Waals surface area contributed by atoms with E-state index in [0.29, 0.717) is 4.88 Å². The van der Waals surface area contributed by atoms with Gasteiger partial charge in [0.15, 0.2) is 0 Å². The SMILES string of the molecule is FC(F)(F)c1cc(-c2ccc(SCl)s2)no1. The Hall–Kier alpha value is -0.660. The van der Waals surface area contributed by atoms with Gasteiger partial charge in [-0.15, -0.1) is 11.3 Å². The van der Waals surface area contributed by atoms with Crippen molar-refractivity contribution in [1.82, 2.24) is 5.16 Å². The van der Waals surface area contributed by atoms with Crippen molar-refractivity contribution in [3.05, 3.63) is 24.0 Å². The number of aromatic nitrogens is 1. The fourth-order valence-corrected chi connectivity index (χ4v) is 2.67. The van der Waals surface area contributed by atoms with Crippen LogP contribution < -0.4 is 0 Å². The van der Waals surface area contributed by atoms with Crippen LogP contribution in [0.5, 0.6) is 0 Å². The van der Waals surface area contributed by atoms with Crippen LogP contribution in [0.4, 0.5) is 13.2 Å². The maximum Gasteiger partial charge on any atom is 0.452 e. The summed E-state index contributed by atoms with van der Waals surface area (Å²) in [6.07, 6.45) is -4.51. The molecule has 0 unspecified atom stereocenters. The minimum atomic E-state index is -4.51. The molecule has 0 fully saturated rings. The Morgan fingerprint density at radius 2 is 2.12 bits per heavy atom. The fourth-order valence-electron chi connectivity index (χ4n) is 1.02. The Morgan fingerprint density at radius 3 is 2.62 bits per heavy atom. The second-order valence-corrected chi connectivity index (χ2v) is 5.17. The Labute approximate surface area is 101 Å². The van der Waals surface area contributed by atoms with E-state index in [0.717, 1.165) is 21.3 Å². The summed E-state index contributed by atoms with van der Waals surface area (Å²) in [4.78, 5) is 0.586. The van der Waals surface area contributed by atoms with E-state index in [1.807, 2.05) is 0 Å². The third kappa shape index (κ3) is 2.36. The molecule has 16 heavy (non-hydrogen) atoms. The van der Waals surface area contributed by atoms with E-state index < -0.39 is 11.9 Å². The highest BCUT2D eigenvalue weighted by atomic mass is 35.7. The molecular formula is C8H3ClF3NOS2. The van der Waals surface area contributed by atoms with Crippen molar-refractivity contribution in [3.8, 4) is 10.6 Å². The third-order valence-corrected chi connectivity index (χ3v) is 4.16. The molecule has 86 valence electrons. The first-order valence-electron chi connectivity index (χ1n) is 3.93. The lowest BCUT2D eigenvalue weighted by atomic mass is 10.3. The molecule has 2 aromatic heterocycles. The first-order valence-corrected chi connectivity index (χ1v) is 6.39. The van der Waals surface area contributed by atoms with Crippen LogP contribution in [0.2, 0.25) is 0 Å². The number of nitrogens with zero attached hydrogens (tertiary/aromatic N) is 1. The van der Waals surface area contributed by atoms with Gasteiger partial charge in [0, 0.05) is 6.07 Å². The Balaban J connectivity index is 2.31. The maximum absolute atomic E-state index is 12.2. The summed E-state index contributed by atoms with van der Waals surface area (Å²) in [7, 11) is 6.52. The Bertz CT molecular complexity index is 493. The topological polar surface area (TPSA) is 26.0 Å². The highest BCUT2D eigenvalue weighted by Crippen LogP contribution is 2.37. The molecule has 2 aromatic rings. The molecule has 2 heterocycles. The number of thiophene rings is 1. The minimum absolute atomic E-state index is 0.161. The van der Waals surface area contributed by atoms with Crippen molar-refractivity contribution in [2.24, 2.45) is 0 Å². The quantitative estimate of drug-likeness (QED) is 0.802. The first-order chi connectivity index (χ1) is 7.50. The molecule has 0 saturated heterocycles. The molecule has 0 aliphatic rings. The molecule has 0 bridgehead atoms. The van der Waals surface area contributed by atoms with Crippen molar-refractivity contribution in [1.29, 1.82) is 0 Å². The first kappa shape index (κ1) is 11.8. The van der Waals surface area contributed by atoms with Crippen LogP contribution in [-0.4, -0.2) is 5.16 Å². The number of rotatable bonds is 2. The van der Waals surface area contributed by atoms with Crippen molar-refractivity contribution < 1.29 is 17.7 Å². The number of hydrogen-bond donors (Lipinski definition) is 0. The molecule has 0 aliphatic heterocycles. The van der Waals surface area contributed by atoms with Crippen LogP contribution in [0, 0.1) is 0 Å². The van der Waals surface area contributed by atoms with Gasteiger partial charge in [0.1, 0.15) is 5.69 Å². The molecule has 0 N–H and O–H groups in total. The summed E-state index contributed by atoms with van der Waals surface area (Å²) in [5, 5.41) is 3.36. The smallest absolute Gasteiger partial charge is 0.351 e. The van der Waals surface area contributed by atoms with Gasteiger partial charge in [0.2, 0.25) is 5.76 Å². The van der Waals surface area contributed by atoms with E-state index in [1.54, 1.807) is 12.1 Å². The van der Waals surface area contributed by atoms with E-state index in [-0.39, 0.29) is 5.69 Å². The fraction of sp³-hybridized carbons (Fsp3) is 0.125. The lowest BCUT2D eigenvalue weighted by Gasteiger charge is -1.97. The minimum Gasteiger partial charge on any atom is -0.351 e. The largest absolute Gasteiger partial charge is 0.452 e. The van der Waals surface area contributed by atoms with Crippen LogP contribution in [0.3, 0.4) is 0 Å². The molecule has 0 atom stereocenters. The van der Waals surface area contributed by atoms with Crippen LogP contribution in [0.25, 0.3) is 10.6 Å². The van der Waals surface area contributed by atoms with E-state index in [2.05, 4.69) is 9.68 Å². The predicted octanol–water partition coefficient (Wildman–Crippen LogP) is 4.67. The van der Waals surface area contributed by atoms with Gasteiger partial charge in [-0.3, -0.25) is 0 Å². The summed E-state index contributed by atoms with van der Waals surface area (Å²) in [5.74, 6) is -1.10. The van der Waals surface area contributed by atoms with Gasteiger partial charge in [-0.05, 0) is 33.8 Å². The third-order valence-electron chi connectivity index (χ3n) is 1.70.